The molecule has 0 aliphatic carbocycles. The van der Waals surface area contributed by atoms with Crippen LogP contribution in [0.15, 0.2) is 48.5 Å². The monoisotopic (exact) mass is 310 g/mol. The van der Waals surface area contributed by atoms with E-state index in [2.05, 4.69) is 10.6 Å². The first-order valence-corrected chi connectivity index (χ1v) is 6.88. The molecule has 0 spiro atoms. The SMILES string of the molecule is O=C([O-])[C@@]12Nc3ccccc3[C@@](C(=O)[O-])(Nc3ccccc31)O2. The largest absolute Gasteiger partial charge is 0.545 e. The minimum Gasteiger partial charge on any atom is -0.545 e. The van der Waals surface area contributed by atoms with Crippen LogP contribution in [0.2, 0.25) is 0 Å². The molecule has 4 rings (SSSR count). The molecular weight excluding hydrogens is 300 g/mol. The lowest BCUT2D eigenvalue weighted by molar-refractivity contribution is -0.352. The van der Waals surface area contributed by atoms with E-state index in [1.54, 1.807) is 36.4 Å². The maximum absolute atomic E-state index is 11.9. The Bertz CT molecular complexity index is 782. The van der Waals surface area contributed by atoms with Crippen molar-refractivity contribution < 1.29 is 24.5 Å². The molecular formula is C16H10N2O5-2. The molecule has 0 unspecified atom stereocenters. The summed E-state index contributed by atoms with van der Waals surface area (Å²) in [5, 5.41) is 29.3. The van der Waals surface area contributed by atoms with Gasteiger partial charge in [-0.05, 0) is 12.1 Å². The molecule has 2 N–H and O–H groups in total. The van der Waals surface area contributed by atoms with Crippen molar-refractivity contribution in [3.63, 3.8) is 0 Å². The summed E-state index contributed by atoms with van der Waals surface area (Å²) in [7, 11) is 0. The maximum Gasteiger partial charge on any atom is 0.211 e. The highest BCUT2D eigenvalue weighted by atomic mass is 16.6. The summed E-state index contributed by atoms with van der Waals surface area (Å²) >= 11 is 0. The van der Waals surface area contributed by atoms with E-state index >= 15 is 0 Å². The van der Waals surface area contributed by atoms with Crippen molar-refractivity contribution in [2.24, 2.45) is 0 Å². The van der Waals surface area contributed by atoms with Gasteiger partial charge in [0.15, 0.2) is 0 Å². The zero-order chi connectivity index (χ0) is 16.2. The number of benzene rings is 2. The van der Waals surface area contributed by atoms with Gasteiger partial charge in [0.2, 0.25) is 11.4 Å². The molecule has 7 nitrogen and oxygen atoms in total. The van der Waals surface area contributed by atoms with E-state index in [9.17, 15) is 19.8 Å². The Kier molecular flexibility index (Phi) is 2.50. The van der Waals surface area contributed by atoms with Gasteiger partial charge >= 0.3 is 0 Å². The molecule has 2 aliphatic rings. The number of rotatable bonds is 2. The summed E-state index contributed by atoms with van der Waals surface area (Å²) in [5.74, 6) is -3.18. The van der Waals surface area contributed by atoms with Gasteiger partial charge in [-0.25, -0.2) is 0 Å². The molecule has 2 aromatic carbocycles. The second-order valence-electron chi connectivity index (χ2n) is 5.38. The van der Waals surface area contributed by atoms with Crippen molar-refractivity contribution in [3.8, 4) is 0 Å². The number of anilines is 2. The Labute approximate surface area is 130 Å². The van der Waals surface area contributed by atoms with Crippen molar-refractivity contribution in [2.75, 3.05) is 10.6 Å². The van der Waals surface area contributed by atoms with Crippen LogP contribution < -0.4 is 20.8 Å². The molecule has 0 saturated carbocycles. The van der Waals surface area contributed by atoms with Gasteiger partial charge in [-0.3, -0.25) is 0 Å². The molecule has 116 valence electrons. The highest BCUT2D eigenvalue weighted by Gasteiger charge is 2.56. The first-order chi connectivity index (χ1) is 11.0. The van der Waals surface area contributed by atoms with Crippen molar-refractivity contribution in [3.05, 3.63) is 59.7 Å². The van der Waals surface area contributed by atoms with Gasteiger partial charge in [-0.15, -0.1) is 0 Å². The van der Waals surface area contributed by atoms with Crippen molar-refractivity contribution in [1.29, 1.82) is 0 Å². The van der Waals surface area contributed by atoms with E-state index in [0.29, 0.717) is 11.4 Å². The van der Waals surface area contributed by atoms with Crippen LogP contribution in [0, 0.1) is 0 Å². The van der Waals surface area contributed by atoms with Crippen LogP contribution in [-0.2, 0) is 25.8 Å². The molecule has 2 aliphatic heterocycles. The first kappa shape index (κ1) is 13.6. The van der Waals surface area contributed by atoms with Gasteiger partial charge in [-0.2, -0.15) is 0 Å². The van der Waals surface area contributed by atoms with Gasteiger partial charge in [0, 0.05) is 22.5 Å². The number of carbonyl (C=O) groups excluding carboxylic acids is 2. The number of carbonyl (C=O) groups is 2. The van der Waals surface area contributed by atoms with Crippen LogP contribution in [0.4, 0.5) is 11.4 Å². The molecule has 7 heteroatoms. The Morgan fingerprint density at radius 3 is 1.57 bits per heavy atom. The Hall–Kier alpha value is -3.06. The van der Waals surface area contributed by atoms with E-state index in [1.165, 1.54) is 12.1 Å². The van der Waals surface area contributed by atoms with Crippen LogP contribution in [-0.4, -0.2) is 11.9 Å². The highest BCUT2D eigenvalue weighted by Crippen LogP contribution is 2.50. The Morgan fingerprint density at radius 2 is 1.17 bits per heavy atom. The average molecular weight is 310 g/mol. The van der Waals surface area contributed by atoms with Gasteiger partial charge in [0.05, 0.1) is 11.9 Å². The summed E-state index contributed by atoms with van der Waals surface area (Å²) in [6.07, 6.45) is 0. The third-order valence-electron chi connectivity index (χ3n) is 4.12. The van der Waals surface area contributed by atoms with Gasteiger partial charge in [-0.1, -0.05) is 36.4 Å². The Balaban J connectivity index is 2.08. The van der Waals surface area contributed by atoms with Crippen molar-refractivity contribution in [2.45, 2.75) is 11.4 Å². The molecule has 2 atom stereocenters. The number of carboxylic acids is 2. The van der Waals surface area contributed by atoms with Gasteiger partial charge < -0.3 is 35.2 Å². The zero-order valence-electron chi connectivity index (χ0n) is 11.7. The lowest BCUT2D eigenvalue weighted by Gasteiger charge is -2.54. The van der Waals surface area contributed by atoms with E-state index in [0.717, 1.165) is 0 Å². The number of nitrogens with one attached hydrogen (secondary N) is 2. The number of hydrogen-bond donors (Lipinski definition) is 2. The quantitative estimate of drug-likeness (QED) is 0.736. The molecule has 0 saturated heterocycles. The van der Waals surface area contributed by atoms with Crippen LogP contribution >= 0.6 is 0 Å². The zero-order valence-corrected chi connectivity index (χ0v) is 11.7. The summed E-state index contributed by atoms with van der Waals surface area (Å²) in [6, 6.07) is 12.8. The van der Waals surface area contributed by atoms with Crippen molar-refractivity contribution >= 4 is 23.3 Å². The third-order valence-corrected chi connectivity index (χ3v) is 4.12. The van der Waals surface area contributed by atoms with Gasteiger partial charge in [0.25, 0.3) is 0 Å². The summed E-state index contributed by atoms with van der Waals surface area (Å²) < 4.78 is 5.53. The van der Waals surface area contributed by atoms with Crippen LogP contribution in [0.3, 0.4) is 0 Å². The second-order valence-corrected chi connectivity index (χ2v) is 5.38. The maximum atomic E-state index is 11.9. The molecule has 0 amide bonds. The minimum atomic E-state index is -2.13. The highest BCUT2D eigenvalue weighted by molar-refractivity contribution is 5.93. The van der Waals surface area contributed by atoms with E-state index in [1.807, 2.05) is 0 Å². The summed E-state index contributed by atoms with van der Waals surface area (Å²) in [5.41, 5.74) is -3.17. The first-order valence-electron chi connectivity index (χ1n) is 6.88. The van der Waals surface area contributed by atoms with Crippen LogP contribution in [0.1, 0.15) is 11.1 Å². The fourth-order valence-corrected chi connectivity index (χ4v) is 3.11. The summed E-state index contributed by atoms with van der Waals surface area (Å²) in [6.45, 7) is 0. The van der Waals surface area contributed by atoms with Crippen LogP contribution in [0.5, 0.6) is 0 Å². The fraction of sp³-hybridized carbons (Fsp3) is 0.125. The standard InChI is InChI=1S/C16H12N2O5/c19-13(20)15-9-5-1-3-7-11(9)17-16(23-15,14(21)22)10-6-2-4-8-12(10)18-15/h1-8,17-18H,(H,19,20)(H,21,22)/p-2/t15-,16-/m1/s1. The smallest absolute Gasteiger partial charge is 0.211 e. The van der Waals surface area contributed by atoms with E-state index < -0.39 is 23.4 Å². The molecule has 2 bridgehead atoms. The second kappa shape index (κ2) is 4.23. The van der Waals surface area contributed by atoms with E-state index in [-0.39, 0.29) is 11.1 Å². The topological polar surface area (TPSA) is 114 Å². The molecule has 0 fully saturated rings. The average Bonchev–Trinajstić information content (AvgIpc) is 2.54. The predicted octanol–water partition coefficient (Wildman–Crippen LogP) is -0.940. The Morgan fingerprint density at radius 1 is 0.783 bits per heavy atom. The fourth-order valence-electron chi connectivity index (χ4n) is 3.11. The van der Waals surface area contributed by atoms with Crippen LogP contribution in [0.25, 0.3) is 0 Å². The lowest BCUT2D eigenvalue weighted by atomic mass is 9.88. The molecule has 0 radical (unpaired) electrons. The molecule has 23 heavy (non-hydrogen) atoms. The predicted molar refractivity (Wildman–Crippen MR) is 74.6 cm³/mol. The molecule has 2 aromatic rings. The molecule has 2 heterocycles. The third kappa shape index (κ3) is 1.56. The number of hydrogen-bond acceptors (Lipinski definition) is 7. The number of aliphatic carboxylic acids is 2. The van der Waals surface area contributed by atoms with E-state index in [4.69, 9.17) is 4.74 Å². The van der Waals surface area contributed by atoms with Crippen molar-refractivity contribution in [1.82, 2.24) is 0 Å². The normalized spacial score (nSPS) is 27.0. The number of para-hydroxylation sites is 2. The minimum absolute atomic E-state index is 0.228. The number of fused-ring (bicyclic) bond motifs is 6. The molecule has 0 aromatic heterocycles. The summed E-state index contributed by atoms with van der Waals surface area (Å²) in [4.78, 5) is 23.8. The lowest BCUT2D eigenvalue weighted by Crippen LogP contribution is -2.68. The number of carboxylic acid groups (broad SMARTS) is 2. The number of ether oxygens (including phenoxy) is 1. The van der Waals surface area contributed by atoms with Gasteiger partial charge in [0.1, 0.15) is 0 Å².